The number of nitrogens with zero attached hydrogens (tertiary/aromatic N) is 1. The number of nitrogens with one attached hydrogen (secondary N) is 3. The van der Waals surface area contributed by atoms with Gasteiger partial charge in [-0.25, -0.2) is 9.59 Å². The van der Waals surface area contributed by atoms with Gasteiger partial charge >= 0.3 is 12.2 Å². The van der Waals surface area contributed by atoms with Gasteiger partial charge in [0.15, 0.2) is 11.6 Å². The number of ether oxygens (including phenoxy) is 4. The Labute approximate surface area is 332 Å². The molecule has 320 valence electrons. The Bertz CT molecular complexity index is 1340. The number of carbonyl (C=O) groups is 8. The summed E-state index contributed by atoms with van der Waals surface area (Å²) in [4.78, 5) is 103. The molecule has 1 aromatic rings. The zero-order valence-electron chi connectivity index (χ0n) is 30.0. The molecule has 0 spiro atoms. The van der Waals surface area contributed by atoms with E-state index in [9.17, 15) is 38.4 Å². The predicted octanol–water partition coefficient (Wildman–Crippen LogP) is 4.34. The van der Waals surface area contributed by atoms with Crippen LogP contribution in [0.1, 0.15) is 94.1 Å². The van der Waals surface area contributed by atoms with Crippen LogP contribution >= 0.6 is 0 Å². The molecular weight excluding hydrogens is 732 g/mol. The van der Waals surface area contributed by atoms with Crippen LogP contribution in [0.4, 0.5) is 9.59 Å². The Morgan fingerprint density at radius 3 is 2.07 bits per heavy atom. The fraction of sp³-hybridized carbons (Fsp3) is 0.641. The standard InChI is InChI=1S/C35H50N4O13.4CH4/c1-24(2)20-28(29(41)10-11-30(42)36-14-7-15-49-17-16-48-3)38-33(45)26(21-25-8-5-4-6-9-25)22-27(40)23-37-34(46)50-18-19-51-35(47)52-39-31(43)12-13-32(39)44;;;;/h4-6,8-9,24,26,28H,7,10-23H2,1-3H3,(H,36,42)(H,37,46)(H,38,45);4*1H4. The smallest absolute Gasteiger partial charge is 0.446 e. The number of hydrogen-bond donors (Lipinski definition) is 3. The summed E-state index contributed by atoms with van der Waals surface area (Å²) in [7, 11) is 1.58. The van der Waals surface area contributed by atoms with Crippen molar-refractivity contribution < 1.29 is 62.1 Å². The van der Waals surface area contributed by atoms with Crippen molar-refractivity contribution in [2.24, 2.45) is 11.8 Å². The highest BCUT2D eigenvalue weighted by molar-refractivity contribution is 6.01. The quantitative estimate of drug-likeness (QED) is 0.0713. The zero-order valence-corrected chi connectivity index (χ0v) is 30.0. The van der Waals surface area contributed by atoms with Crippen molar-refractivity contribution in [3.63, 3.8) is 0 Å². The molecule has 0 bridgehead atoms. The minimum absolute atomic E-state index is 0. The van der Waals surface area contributed by atoms with E-state index >= 15 is 0 Å². The summed E-state index contributed by atoms with van der Waals surface area (Å²) in [6.45, 7) is 4.26. The molecule has 5 amide bonds. The molecular formula is C39H66N4O13. The summed E-state index contributed by atoms with van der Waals surface area (Å²) < 4.78 is 19.8. The van der Waals surface area contributed by atoms with Gasteiger partial charge in [-0.15, -0.1) is 0 Å². The van der Waals surface area contributed by atoms with Crippen LogP contribution in [-0.2, 0) is 59.0 Å². The number of hydroxylamine groups is 2. The molecule has 3 N–H and O–H groups in total. The van der Waals surface area contributed by atoms with Gasteiger partial charge < -0.3 is 34.9 Å². The molecule has 2 atom stereocenters. The highest BCUT2D eigenvalue weighted by atomic mass is 16.8. The van der Waals surface area contributed by atoms with Crippen LogP contribution in [0.25, 0.3) is 0 Å². The topological polar surface area (TPSA) is 222 Å². The molecule has 2 rings (SSSR count). The van der Waals surface area contributed by atoms with Crippen molar-refractivity contribution in [1.29, 1.82) is 0 Å². The Hall–Kier alpha value is -4.90. The Kier molecular flexibility index (Phi) is 31.0. The highest BCUT2D eigenvalue weighted by Crippen LogP contribution is 2.16. The molecule has 1 heterocycles. The van der Waals surface area contributed by atoms with Gasteiger partial charge in [0.25, 0.3) is 11.8 Å². The van der Waals surface area contributed by atoms with Crippen molar-refractivity contribution in [1.82, 2.24) is 21.0 Å². The lowest BCUT2D eigenvalue weighted by atomic mass is 9.91. The van der Waals surface area contributed by atoms with E-state index in [0.29, 0.717) is 44.3 Å². The summed E-state index contributed by atoms with van der Waals surface area (Å²) >= 11 is 0. The largest absolute Gasteiger partial charge is 0.534 e. The van der Waals surface area contributed by atoms with Gasteiger partial charge in [-0.1, -0.05) is 78.9 Å². The van der Waals surface area contributed by atoms with Crippen LogP contribution in [0, 0.1) is 11.8 Å². The summed E-state index contributed by atoms with van der Waals surface area (Å²) in [5, 5.41) is 8.15. The van der Waals surface area contributed by atoms with E-state index in [1.807, 2.05) is 19.9 Å². The van der Waals surface area contributed by atoms with Crippen LogP contribution in [0.2, 0.25) is 0 Å². The molecule has 56 heavy (non-hydrogen) atoms. The second-order valence-corrected chi connectivity index (χ2v) is 12.4. The molecule has 1 aliphatic rings. The number of imide groups is 1. The van der Waals surface area contributed by atoms with Gasteiger partial charge in [0.1, 0.15) is 13.2 Å². The molecule has 0 aromatic heterocycles. The first-order valence-corrected chi connectivity index (χ1v) is 17.2. The summed E-state index contributed by atoms with van der Waals surface area (Å²) in [6, 6.07) is 8.14. The number of benzene rings is 1. The van der Waals surface area contributed by atoms with Crippen LogP contribution in [0.5, 0.6) is 0 Å². The number of ketones is 2. The molecule has 0 radical (unpaired) electrons. The highest BCUT2D eigenvalue weighted by Gasteiger charge is 2.33. The molecule has 17 heteroatoms. The normalized spacial score (nSPS) is 12.7. The number of Topliss-reactive ketones (excluding diaryl/α,β-unsaturated/α-hetero) is 2. The number of methoxy groups -OCH3 is 1. The molecule has 1 saturated heterocycles. The third kappa shape index (κ3) is 23.1. The van der Waals surface area contributed by atoms with E-state index in [4.69, 9.17) is 14.2 Å². The number of rotatable bonds is 25. The number of alkyl carbamates (subject to hydrolysis) is 1. The average molecular weight is 799 g/mol. The van der Waals surface area contributed by atoms with Crippen LogP contribution in [-0.4, -0.2) is 112 Å². The predicted molar refractivity (Wildman–Crippen MR) is 209 cm³/mol. The Balaban J connectivity index is -0.00000702. The van der Waals surface area contributed by atoms with E-state index in [-0.39, 0.29) is 85.8 Å². The maximum Gasteiger partial charge on any atom is 0.534 e. The lowest BCUT2D eigenvalue weighted by Crippen LogP contribution is -2.46. The average Bonchev–Trinajstić information content (AvgIpc) is 3.42. The number of carbonyl (C=O) groups excluding carboxylic acids is 8. The third-order valence-electron chi connectivity index (χ3n) is 7.54. The van der Waals surface area contributed by atoms with Gasteiger partial charge in [-0.3, -0.25) is 33.6 Å². The minimum atomic E-state index is -1.33. The van der Waals surface area contributed by atoms with Gasteiger partial charge in [-0.05, 0) is 30.7 Å². The SMILES string of the molecule is C.C.C.C.COCCOCCCNC(=O)CCC(=O)C(CC(C)C)NC(=O)C(CC(=O)CNC(=O)OCCOC(=O)ON1C(=O)CCC1=O)Cc1ccccc1. The molecule has 0 aliphatic carbocycles. The first-order chi connectivity index (χ1) is 24.9. The van der Waals surface area contributed by atoms with Crippen molar-refractivity contribution in [3.8, 4) is 0 Å². The van der Waals surface area contributed by atoms with Gasteiger partial charge in [0.05, 0.1) is 25.8 Å². The lowest BCUT2D eigenvalue weighted by molar-refractivity contribution is -0.177. The maximum absolute atomic E-state index is 13.6. The Morgan fingerprint density at radius 2 is 1.45 bits per heavy atom. The molecule has 0 saturated carbocycles. The number of amides is 5. The lowest BCUT2D eigenvalue weighted by Gasteiger charge is -2.23. The van der Waals surface area contributed by atoms with Crippen LogP contribution in [0.15, 0.2) is 30.3 Å². The second kappa shape index (κ2) is 31.3. The number of hydrogen-bond acceptors (Lipinski definition) is 13. The van der Waals surface area contributed by atoms with Gasteiger partial charge in [0, 0.05) is 58.3 Å². The van der Waals surface area contributed by atoms with Crippen molar-refractivity contribution in [3.05, 3.63) is 35.9 Å². The van der Waals surface area contributed by atoms with E-state index in [1.165, 1.54) is 0 Å². The van der Waals surface area contributed by atoms with Crippen LogP contribution < -0.4 is 16.0 Å². The monoisotopic (exact) mass is 798 g/mol. The summed E-state index contributed by atoms with van der Waals surface area (Å²) in [5.74, 6) is -3.79. The molecule has 1 aromatic carbocycles. The molecule has 17 nitrogen and oxygen atoms in total. The third-order valence-corrected chi connectivity index (χ3v) is 7.54. The van der Waals surface area contributed by atoms with Crippen molar-refractivity contribution >= 4 is 47.4 Å². The first-order valence-electron chi connectivity index (χ1n) is 17.2. The second-order valence-electron chi connectivity index (χ2n) is 12.4. The molecule has 2 unspecified atom stereocenters. The molecule has 1 aliphatic heterocycles. The van der Waals surface area contributed by atoms with E-state index in [2.05, 4.69) is 25.5 Å². The zero-order chi connectivity index (χ0) is 38.3. The first kappa shape index (κ1) is 55.4. The maximum atomic E-state index is 13.6. The fourth-order valence-corrected chi connectivity index (χ4v) is 4.92. The van der Waals surface area contributed by atoms with E-state index in [1.54, 1.807) is 31.4 Å². The van der Waals surface area contributed by atoms with Crippen LogP contribution in [0.3, 0.4) is 0 Å². The van der Waals surface area contributed by atoms with E-state index in [0.717, 1.165) is 5.56 Å². The summed E-state index contributed by atoms with van der Waals surface area (Å²) in [6.07, 6.45) is -1.75. The fourth-order valence-electron chi connectivity index (χ4n) is 4.92. The van der Waals surface area contributed by atoms with Gasteiger partial charge in [0.2, 0.25) is 11.8 Å². The van der Waals surface area contributed by atoms with Crippen molar-refractivity contribution in [2.45, 2.75) is 101 Å². The molecule has 1 fully saturated rings. The van der Waals surface area contributed by atoms with E-state index < -0.39 is 67.5 Å². The minimum Gasteiger partial charge on any atom is -0.446 e. The summed E-state index contributed by atoms with van der Waals surface area (Å²) in [5.41, 5.74) is 0.785. The van der Waals surface area contributed by atoms with Gasteiger partial charge in [-0.2, -0.15) is 0 Å². The Morgan fingerprint density at radius 1 is 0.804 bits per heavy atom. The van der Waals surface area contributed by atoms with Crippen molar-refractivity contribution in [2.75, 3.05) is 53.2 Å².